The first-order chi connectivity index (χ1) is 12.2. The van der Waals surface area contributed by atoms with Gasteiger partial charge in [-0.25, -0.2) is 9.97 Å². The molecule has 25 heavy (non-hydrogen) atoms. The molecule has 1 amide bonds. The van der Waals surface area contributed by atoms with Crippen LogP contribution < -0.4 is 10.6 Å². The third-order valence-corrected chi connectivity index (χ3v) is 4.50. The molecule has 2 heterocycles. The molecule has 0 radical (unpaired) electrons. The SMILES string of the molecule is CC1C(=O)c2cncnc2NC1C(=O)NCCCCc1ccccc1. The van der Waals surface area contributed by atoms with E-state index in [1.54, 1.807) is 6.92 Å². The fourth-order valence-corrected chi connectivity index (χ4v) is 3.01. The van der Waals surface area contributed by atoms with Gasteiger partial charge in [-0.05, 0) is 24.8 Å². The number of rotatable bonds is 6. The Labute approximate surface area is 147 Å². The molecule has 0 saturated carbocycles. The number of carbonyl (C=O) groups excluding carboxylic acids is 2. The highest BCUT2D eigenvalue weighted by Crippen LogP contribution is 2.25. The van der Waals surface area contributed by atoms with Crippen molar-refractivity contribution in [1.29, 1.82) is 0 Å². The van der Waals surface area contributed by atoms with E-state index in [1.165, 1.54) is 18.1 Å². The van der Waals surface area contributed by atoms with Crippen molar-refractivity contribution < 1.29 is 9.59 Å². The number of unbranched alkanes of at least 4 members (excludes halogenated alkanes) is 1. The molecule has 0 aliphatic carbocycles. The normalized spacial score (nSPS) is 19.0. The molecule has 0 spiro atoms. The standard InChI is InChI=1S/C19H22N4O2/c1-13-16(23-18-15(17(13)24)11-20-12-22-18)19(25)21-10-6-5-9-14-7-3-2-4-8-14/h2-4,7-8,11-13,16H,5-6,9-10H2,1H3,(H,21,25)(H,20,22,23). The second-order valence-corrected chi connectivity index (χ2v) is 6.29. The van der Waals surface area contributed by atoms with Crippen LogP contribution in [-0.4, -0.2) is 34.2 Å². The maximum Gasteiger partial charge on any atom is 0.243 e. The van der Waals surface area contributed by atoms with Gasteiger partial charge in [0.15, 0.2) is 5.78 Å². The fourth-order valence-electron chi connectivity index (χ4n) is 3.01. The number of fused-ring (bicyclic) bond motifs is 1. The van der Waals surface area contributed by atoms with E-state index in [2.05, 4.69) is 32.7 Å². The molecule has 2 N–H and O–H groups in total. The Morgan fingerprint density at radius 2 is 2.04 bits per heavy atom. The number of ketones is 1. The van der Waals surface area contributed by atoms with Crippen LogP contribution in [0.1, 0.15) is 35.7 Å². The number of carbonyl (C=O) groups is 2. The number of aryl methyl sites for hydroxylation is 1. The number of nitrogens with one attached hydrogen (secondary N) is 2. The minimum Gasteiger partial charge on any atom is -0.357 e. The van der Waals surface area contributed by atoms with Crippen molar-refractivity contribution in [3.8, 4) is 0 Å². The maximum atomic E-state index is 12.4. The topological polar surface area (TPSA) is 84.0 Å². The molecule has 1 aliphatic heterocycles. The molecule has 2 unspecified atom stereocenters. The summed E-state index contributed by atoms with van der Waals surface area (Å²) in [5.41, 5.74) is 1.75. The molecule has 6 nitrogen and oxygen atoms in total. The van der Waals surface area contributed by atoms with Gasteiger partial charge in [-0.1, -0.05) is 37.3 Å². The molecule has 2 atom stereocenters. The van der Waals surface area contributed by atoms with E-state index in [4.69, 9.17) is 0 Å². The van der Waals surface area contributed by atoms with Crippen LogP contribution in [0.15, 0.2) is 42.9 Å². The third kappa shape index (κ3) is 4.02. The van der Waals surface area contributed by atoms with Gasteiger partial charge in [0.05, 0.1) is 5.56 Å². The van der Waals surface area contributed by atoms with Crippen molar-refractivity contribution in [3.63, 3.8) is 0 Å². The summed E-state index contributed by atoms with van der Waals surface area (Å²) in [4.78, 5) is 32.7. The van der Waals surface area contributed by atoms with E-state index >= 15 is 0 Å². The molecule has 130 valence electrons. The van der Waals surface area contributed by atoms with E-state index in [0.29, 0.717) is 17.9 Å². The third-order valence-electron chi connectivity index (χ3n) is 4.50. The number of hydrogen-bond acceptors (Lipinski definition) is 5. The molecule has 6 heteroatoms. The predicted molar refractivity (Wildman–Crippen MR) is 95.3 cm³/mol. The Hall–Kier alpha value is -2.76. The van der Waals surface area contributed by atoms with Crippen LogP contribution in [0.5, 0.6) is 0 Å². The number of hydrogen-bond donors (Lipinski definition) is 2. The first-order valence-electron chi connectivity index (χ1n) is 8.59. The highest BCUT2D eigenvalue weighted by molar-refractivity contribution is 6.07. The summed E-state index contributed by atoms with van der Waals surface area (Å²) in [5.74, 6) is -0.270. The van der Waals surface area contributed by atoms with Crippen LogP contribution >= 0.6 is 0 Å². The predicted octanol–water partition coefficient (Wildman–Crippen LogP) is 2.23. The van der Waals surface area contributed by atoms with Gasteiger partial charge in [-0.3, -0.25) is 9.59 Å². The first kappa shape index (κ1) is 17.1. The smallest absolute Gasteiger partial charge is 0.243 e. The average Bonchev–Trinajstić information content (AvgIpc) is 2.65. The number of amides is 1. The molecule has 2 aromatic rings. The Morgan fingerprint density at radius 1 is 1.24 bits per heavy atom. The molecule has 3 rings (SSSR count). The lowest BCUT2D eigenvalue weighted by Crippen LogP contribution is -2.49. The highest BCUT2D eigenvalue weighted by Gasteiger charge is 2.37. The number of nitrogens with zero attached hydrogens (tertiary/aromatic N) is 2. The number of aromatic nitrogens is 2. The summed E-state index contributed by atoms with van der Waals surface area (Å²) in [6, 6.07) is 9.70. The van der Waals surface area contributed by atoms with Crippen molar-refractivity contribution in [2.45, 2.75) is 32.2 Å². The van der Waals surface area contributed by atoms with E-state index in [0.717, 1.165) is 19.3 Å². The van der Waals surface area contributed by atoms with Crippen LogP contribution in [0.2, 0.25) is 0 Å². The minimum atomic E-state index is -0.593. The van der Waals surface area contributed by atoms with E-state index in [-0.39, 0.29) is 11.7 Å². The number of Topliss-reactive ketones (excluding diaryl/α,β-unsaturated/α-hetero) is 1. The van der Waals surface area contributed by atoms with Crippen molar-refractivity contribution in [1.82, 2.24) is 15.3 Å². The second-order valence-electron chi connectivity index (χ2n) is 6.29. The van der Waals surface area contributed by atoms with Crippen LogP contribution in [0.3, 0.4) is 0 Å². The zero-order valence-corrected chi connectivity index (χ0v) is 14.2. The molecule has 1 aromatic heterocycles. The number of anilines is 1. The van der Waals surface area contributed by atoms with Crippen molar-refractivity contribution in [2.75, 3.05) is 11.9 Å². The largest absolute Gasteiger partial charge is 0.357 e. The second kappa shape index (κ2) is 7.88. The highest BCUT2D eigenvalue weighted by atomic mass is 16.2. The first-order valence-corrected chi connectivity index (χ1v) is 8.59. The summed E-state index contributed by atoms with van der Waals surface area (Å²) in [6.07, 6.45) is 5.76. The molecule has 1 aliphatic rings. The molecular formula is C19H22N4O2. The summed E-state index contributed by atoms with van der Waals surface area (Å²) in [6.45, 7) is 2.35. The van der Waals surface area contributed by atoms with Crippen LogP contribution in [0, 0.1) is 5.92 Å². The summed E-state index contributed by atoms with van der Waals surface area (Å²) >= 11 is 0. The maximum absolute atomic E-state index is 12.4. The van der Waals surface area contributed by atoms with Gasteiger partial charge in [-0.15, -0.1) is 0 Å². The van der Waals surface area contributed by atoms with Gasteiger partial charge in [0.2, 0.25) is 5.91 Å². The molecule has 0 bridgehead atoms. The lowest BCUT2D eigenvalue weighted by molar-refractivity contribution is -0.122. The van der Waals surface area contributed by atoms with Gasteiger partial charge in [0.1, 0.15) is 18.2 Å². The van der Waals surface area contributed by atoms with Crippen LogP contribution in [-0.2, 0) is 11.2 Å². The van der Waals surface area contributed by atoms with Gasteiger partial charge in [0, 0.05) is 18.7 Å². The molecule has 1 aromatic carbocycles. The van der Waals surface area contributed by atoms with Crippen LogP contribution in [0.25, 0.3) is 0 Å². The summed E-state index contributed by atoms with van der Waals surface area (Å²) < 4.78 is 0. The lowest BCUT2D eigenvalue weighted by Gasteiger charge is -2.29. The zero-order chi connectivity index (χ0) is 17.6. The molecule has 0 saturated heterocycles. The monoisotopic (exact) mass is 338 g/mol. The Balaban J connectivity index is 1.48. The van der Waals surface area contributed by atoms with E-state index < -0.39 is 12.0 Å². The van der Waals surface area contributed by atoms with E-state index in [1.807, 2.05) is 18.2 Å². The minimum absolute atomic E-state index is 0.0985. The summed E-state index contributed by atoms with van der Waals surface area (Å²) in [7, 11) is 0. The van der Waals surface area contributed by atoms with Gasteiger partial charge < -0.3 is 10.6 Å². The van der Waals surface area contributed by atoms with Gasteiger partial charge in [0.25, 0.3) is 0 Å². The van der Waals surface area contributed by atoms with E-state index in [9.17, 15) is 9.59 Å². The van der Waals surface area contributed by atoms with Gasteiger partial charge in [-0.2, -0.15) is 0 Å². The lowest BCUT2D eigenvalue weighted by atomic mass is 9.89. The van der Waals surface area contributed by atoms with Crippen LogP contribution in [0.4, 0.5) is 5.82 Å². The average molecular weight is 338 g/mol. The Morgan fingerprint density at radius 3 is 2.84 bits per heavy atom. The van der Waals surface area contributed by atoms with Crippen molar-refractivity contribution >= 4 is 17.5 Å². The Kier molecular flexibility index (Phi) is 5.38. The quantitative estimate of drug-likeness (QED) is 0.789. The summed E-state index contributed by atoms with van der Waals surface area (Å²) in [5, 5.41) is 5.98. The van der Waals surface area contributed by atoms with Crippen molar-refractivity contribution in [3.05, 3.63) is 54.0 Å². The molecular weight excluding hydrogens is 316 g/mol. The zero-order valence-electron chi connectivity index (χ0n) is 14.2. The fraction of sp³-hybridized carbons (Fsp3) is 0.368. The van der Waals surface area contributed by atoms with Crippen molar-refractivity contribution in [2.24, 2.45) is 5.92 Å². The number of benzene rings is 1. The Bertz CT molecular complexity index is 748. The van der Waals surface area contributed by atoms with Gasteiger partial charge >= 0.3 is 0 Å². The molecule has 0 fully saturated rings.